The Morgan fingerprint density at radius 2 is 1.91 bits per heavy atom. The number of halogens is 1. The van der Waals surface area contributed by atoms with Crippen molar-refractivity contribution in [1.29, 1.82) is 0 Å². The number of benzene rings is 2. The maximum atomic E-state index is 12.1. The van der Waals surface area contributed by atoms with Crippen molar-refractivity contribution in [3.05, 3.63) is 52.5 Å². The summed E-state index contributed by atoms with van der Waals surface area (Å²) in [5.41, 5.74) is 3.58. The van der Waals surface area contributed by atoms with Crippen LogP contribution in [0.1, 0.15) is 45.7 Å². The predicted octanol–water partition coefficient (Wildman–Crippen LogP) is 5.74. The van der Waals surface area contributed by atoms with Gasteiger partial charge in [0.05, 0.1) is 11.1 Å². The lowest BCUT2D eigenvalue weighted by molar-refractivity contribution is -0.147. The van der Waals surface area contributed by atoms with Crippen LogP contribution < -0.4 is 4.74 Å². The highest BCUT2D eigenvalue weighted by atomic mass is 35.5. The second kappa shape index (κ2) is 9.99. The Morgan fingerprint density at radius 1 is 1.17 bits per heavy atom. The van der Waals surface area contributed by atoms with Gasteiger partial charge in [-0.1, -0.05) is 55.7 Å². The first-order chi connectivity index (χ1) is 16.5. The zero-order chi connectivity index (χ0) is 25.3. The van der Waals surface area contributed by atoms with E-state index < -0.39 is 12.0 Å². The molecule has 4 rings (SSSR count). The monoisotopic (exact) mass is 497 g/mol. The molecule has 0 fully saturated rings. The van der Waals surface area contributed by atoms with Gasteiger partial charge < -0.3 is 14.4 Å². The Kier molecular flexibility index (Phi) is 7.20. The number of rotatable bonds is 6. The van der Waals surface area contributed by atoms with Crippen LogP contribution in [0, 0.1) is 5.41 Å². The van der Waals surface area contributed by atoms with Gasteiger partial charge in [-0.15, -0.1) is 0 Å². The van der Waals surface area contributed by atoms with Gasteiger partial charge in [0.15, 0.2) is 0 Å². The molecule has 8 heteroatoms. The Balaban J connectivity index is 1.60. The molecule has 0 amide bonds. The first-order valence-electron chi connectivity index (χ1n) is 11.9. The molecule has 1 aromatic heterocycles. The van der Waals surface area contributed by atoms with Crippen LogP contribution in [-0.2, 0) is 17.6 Å². The van der Waals surface area contributed by atoms with Crippen LogP contribution in [0.15, 0.2) is 40.9 Å². The molecular formula is C27H32ClN3O4. The quantitative estimate of drug-likeness (QED) is 0.464. The van der Waals surface area contributed by atoms with Crippen molar-refractivity contribution in [3.63, 3.8) is 0 Å². The van der Waals surface area contributed by atoms with Crippen molar-refractivity contribution in [2.45, 2.75) is 59.6 Å². The summed E-state index contributed by atoms with van der Waals surface area (Å²) in [6, 6.07) is 11.0. The van der Waals surface area contributed by atoms with Gasteiger partial charge in [-0.3, -0.25) is 9.69 Å². The minimum atomic E-state index is -0.782. The van der Waals surface area contributed by atoms with E-state index in [0.717, 1.165) is 17.5 Å². The number of hydrogen-bond donors (Lipinski definition) is 1. The summed E-state index contributed by atoms with van der Waals surface area (Å²) in [6.45, 7) is 11.2. The summed E-state index contributed by atoms with van der Waals surface area (Å²) < 4.78 is 11.3. The van der Waals surface area contributed by atoms with Gasteiger partial charge in [0, 0.05) is 24.2 Å². The largest absolute Gasteiger partial charge is 0.489 e. The smallest absolute Gasteiger partial charge is 0.321 e. The molecule has 1 aliphatic rings. The van der Waals surface area contributed by atoms with E-state index in [1.165, 1.54) is 5.56 Å². The first kappa shape index (κ1) is 25.2. The Hall–Kier alpha value is -2.90. The molecule has 7 nitrogen and oxygen atoms in total. The summed E-state index contributed by atoms with van der Waals surface area (Å²) >= 11 is 6.39. The Bertz CT molecular complexity index is 1220. The molecule has 2 heterocycles. The van der Waals surface area contributed by atoms with E-state index in [1.54, 1.807) is 12.1 Å². The second-order valence-corrected chi connectivity index (χ2v) is 10.7. The summed E-state index contributed by atoms with van der Waals surface area (Å²) in [7, 11) is 0. The van der Waals surface area contributed by atoms with Crippen molar-refractivity contribution >= 4 is 17.6 Å². The molecule has 2 aromatic carbocycles. The van der Waals surface area contributed by atoms with Crippen LogP contribution in [0.25, 0.3) is 22.8 Å². The number of aromatic nitrogens is 2. The third-order valence-electron chi connectivity index (χ3n) is 6.22. The molecule has 1 N–H and O–H groups in total. The number of carboxylic acid groups (broad SMARTS) is 1. The molecule has 1 aliphatic heterocycles. The van der Waals surface area contributed by atoms with Crippen molar-refractivity contribution in [3.8, 4) is 28.6 Å². The zero-order valence-electron chi connectivity index (χ0n) is 20.8. The number of hydrogen-bond acceptors (Lipinski definition) is 6. The molecule has 0 aliphatic carbocycles. The first-order valence-corrected chi connectivity index (χ1v) is 12.3. The van der Waals surface area contributed by atoms with Gasteiger partial charge in [-0.05, 0) is 61.4 Å². The summed E-state index contributed by atoms with van der Waals surface area (Å²) in [5, 5.41) is 14.6. The van der Waals surface area contributed by atoms with E-state index in [4.69, 9.17) is 20.9 Å². The highest BCUT2D eigenvalue weighted by molar-refractivity contribution is 6.32. The standard InChI is InChI=1S/C27H32ClN3O4/c1-16(2)34-22-10-9-18(15-21(22)28)25-29-24(30-35-25)20-8-6-7-17-11-13-31(14-12-19(17)20)23(26(32)33)27(3,4)5/h6-10,15-16,23H,11-14H2,1-5H3,(H,32,33). The molecule has 1 unspecified atom stereocenters. The van der Waals surface area contributed by atoms with E-state index in [1.807, 2.05) is 52.8 Å². The number of carboxylic acids is 1. The van der Waals surface area contributed by atoms with Crippen LogP contribution in [-0.4, -0.2) is 51.4 Å². The number of carbonyl (C=O) groups is 1. The van der Waals surface area contributed by atoms with Gasteiger partial charge in [0.1, 0.15) is 11.8 Å². The second-order valence-electron chi connectivity index (χ2n) is 10.3. The lowest BCUT2D eigenvalue weighted by Gasteiger charge is -2.36. The zero-order valence-corrected chi connectivity index (χ0v) is 21.6. The number of fused-ring (bicyclic) bond motifs is 1. The fraction of sp³-hybridized carbons (Fsp3) is 0.444. The molecule has 1 atom stereocenters. The minimum Gasteiger partial charge on any atom is -0.489 e. The van der Waals surface area contributed by atoms with Crippen molar-refractivity contribution in [2.75, 3.05) is 13.1 Å². The molecule has 186 valence electrons. The number of aliphatic carboxylic acids is 1. The van der Waals surface area contributed by atoms with Crippen molar-refractivity contribution < 1.29 is 19.2 Å². The Morgan fingerprint density at radius 3 is 2.57 bits per heavy atom. The average Bonchev–Trinajstić information content (AvgIpc) is 3.16. The van der Waals surface area contributed by atoms with Crippen LogP contribution in [0.5, 0.6) is 5.75 Å². The van der Waals surface area contributed by atoms with Crippen molar-refractivity contribution in [1.82, 2.24) is 15.0 Å². The third kappa shape index (κ3) is 5.52. The lowest BCUT2D eigenvalue weighted by Crippen LogP contribution is -2.50. The SMILES string of the molecule is CC(C)Oc1ccc(-c2nc(-c3cccc4c3CCN(C(C(=O)O)C(C)(C)C)CC4)no2)cc1Cl. The van der Waals surface area contributed by atoms with Crippen LogP contribution in [0.4, 0.5) is 0 Å². The molecule has 0 radical (unpaired) electrons. The number of ether oxygens (including phenoxy) is 1. The van der Waals surface area contributed by atoms with E-state index in [2.05, 4.69) is 21.1 Å². The molecule has 0 spiro atoms. The molecular weight excluding hydrogens is 466 g/mol. The number of nitrogens with zero attached hydrogens (tertiary/aromatic N) is 3. The summed E-state index contributed by atoms with van der Waals surface area (Å²) in [4.78, 5) is 18.8. The summed E-state index contributed by atoms with van der Waals surface area (Å²) in [5.74, 6) is 0.715. The van der Waals surface area contributed by atoms with Crippen molar-refractivity contribution in [2.24, 2.45) is 5.41 Å². The van der Waals surface area contributed by atoms with Gasteiger partial charge in [0.2, 0.25) is 5.82 Å². The molecule has 0 bridgehead atoms. The molecule has 0 saturated heterocycles. The van der Waals surface area contributed by atoms with Gasteiger partial charge >= 0.3 is 5.97 Å². The minimum absolute atomic E-state index is 0.0202. The maximum Gasteiger partial charge on any atom is 0.321 e. The highest BCUT2D eigenvalue weighted by Crippen LogP contribution is 2.34. The highest BCUT2D eigenvalue weighted by Gasteiger charge is 2.37. The van der Waals surface area contributed by atoms with Gasteiger partial charge in [0.25, 0.3) is 5.89 Å². The van der Waals surface area contributed by atoms with Crippen LogP contribution >= 0.6 is 11.6 Å². The average molecular weight is 498 g/mol. The molecule has 35 heavy (non-hydrogen) atoms. The maximum absolute atomic E-state index is 12.1. The van der Waals surface area contributed by atoms with Crippen LogP contribution in [0.3, 0.4) is 0 Å². The van der Waals surface area contributed by atoms with Crippen LogP contribution in [0.2, 0.25) is 5.02 Å². The normalized spacial score (nSPS) is 15.5. The fourth-order valence-corrected chi connectivity index (χ4v) is 5.00. The van der Waals surface area contributed by atoms with E-state index in [9.17, 15) is 9.90 Å². The van der Waals surface area contributed by atoms with E-state index in [-0.39, 0.29) is 11.5 Å². The third-order valence-corrected chi connectivity index (χ3v) is 6.51. The Labute approximate surface area is 211 Å². The van der Waals surface area contributed by atoms with Gasteiger partial charge in [-0.2, -0.15) is 4.98 Å². The fourth-order valence-electron chi connectivity index (χ4n) is 4.77. The van der Waals surface area contributed by atoms with E-state index in [0.29, 0.717) is 47.6 Å². The lowest BCUT2D eigenvalue weighted by atomic mass is 9.85. The van der Waals surface area contributed by atoms with Gasteiger partial charge in [-0.25, -0.2) is 0 Å². The predicted molar refractivity (Wildman–Crippen MR) is 136 cm³/mol. The molecule has 3 aromatic rings. The topological polar surface area (TPSA) is 88.7 Å². The molecule has 0 saturated carbocycles. The summed E-state index contributed by atoms with van der Waals surface area (Å²) in [6.07, 6.45) is 1.50. The van der Waals surface area contributed by atoms with E-state index >= 15 is 0 Å².